The van der Waals surface area contributed by atoms with Gasteiger partial charge in [-0.3, -0.25) is 9.59 Å². The van der Waals surface area contributed by atoms with E-state index in [1.807, 2.05) is 31.2 Å². The Kier molecular flexibility index (Phi) is 8.28. The van der Waals surface area contributed by atoms with Gasteiger partial charge in [0.25, 0.3) is 5.91 Å². The molecule has 172 valence electrons. The summed E-state index contributed by atoms with van der Waals surface area (Å²) >= 11 is 0. The highest BCUT2D eigenvalue weighted by molar-refractivity contribution is 5.96. The smallest absolute Gasteiger partial charge is 0.273 e. The van der Waals surface area contributed by atoms with Crippen LogP contribution in [-0.4, -0.2) is 50.5 Å². The molecule has 1 aromatic heterocycles. The first kappa shape index (κ1) is 24.8. The number of primary amides is 1. The SMILES string of the molecule is C.C=CC(=O)N1CCC[C@@H](Nc2nnc(C(N)=O)c(Nc3ccc(C(C)C)cc3)n2)[C@@H]1C. The first-order valence-electron chi connectivity index (χ1n) is 10.4. The molecule has 9 heteroatoms. The lowest BCUT2D eigenvalue weighted by Crippen LogP contribution is -2.51. The molecule has 2 atom stereocenters. The lowest BCUT2D eigenvalue weighted by Gasteiger charge is -2.39. The molecule has 0 radical (unpaired) electrons. The van der Waals surface area contributed by atoms with Crippen LogP contribution in [0, 0.1) is 0 Å². The molecule has 0 saturated carbocycles. The topological polar surface area (TPSA) is 126 Å². The number of carbonyl (C=O) groups is 2. The zero-order valence-corrected chi connectivity index (χ0v) is 18.1. The molecule has 2 heterocycles. The molecule has 0 spiro atoms. The third kappa shape index (κ3) is 5.60. The Morgan fingerprint density at radius 2 is 1.94 bits per heavy atom. The summed E-state index contributed by atoms with van der Waals surface area (Å²) in [5.41, 5.74) is 7.38. The van der Waals surface area contributed by atoms with Gasteiger partial charge in [-0.1, -0.05) is 40.0 Å². The minimum atomic E-state index is -0.721. The van der Waals surface area contributed by atoms with Gasteiger partial charge >= 0.3 is 0 Å². The first-order valence-corrected chi connectivity index (χ1v) is 10.4. The largest absolute Gasteiger partial charge is 0.364 e. The van der Waals surface area contributed by atoms with Gasteiger partial charge < -0.3 is 21.3 Å². The summed E-state index contributed by atoms with van der Waals surface area (Å²) in [5.74, 6) is 0.0774. The number of rotatable bonds is 7. The number of nitrogens with zero attached hydrogens (tertiary/aromatic N) is 4. The number of anilines is 3. The number of benzene rings is 1. The third-order valence-electron chi connectivity index (χ3n) is 5.52. The van der Waals surface area contributed by atoms with Crippen molar-refractivity contribution in [3.8, 4) is 0 Å². The zero-order valence-electron chi connectivity index (χ0n) is 18.1. The summed E-state index contributed by atoms with van der Waals surface area (Å²) in [5, 5.41) is 14.4. The average Bonchev–Trinajstić information content (AvgIpc) is 2.75. The number of amides is 2. The molecule has 1 fully saturated rings. The van der Waals surface area contributed by atoms with E-state index in [-0.39, 0.29) is 42.9 Å². The van der Waals surface area contributed by atoms with Crippen molar-refractivity contribution in [2.45, 2.75) is 59.0 Å². The predicted octanol–water partition coefficient (Wildman–Crippen LogP) is 3.45. The molecular weight excluding hydrogens is 406 g/mol. The summed E-state index contributed by atoms with van der Waals surface area (Å²) in [7, 11) is 0. The molecule has 1 aromatic carbocycles. The third-order valence-corrected chi connectivity index (χ3v) is 5.52. The maximum atomic E-state index is 12.1. The molecule has 1 saturated heterocycles. The summed E-state index contributed by atoms with van der Waals surface area (Å²) < 4.78 is 0. The van der Waals surface area contributed by atoms with Crippen molar-refractivity contribution in [1.29, 1.82) is 0 Å². The van der Waals surface area contributed by atoms with Gasteiger partial charge in [0, 0.05) is 24.3 Å². The Labute approximate surface area is 189 Å². The van der Waals surface area contributed by atoms with Gasteiger partial charge in [-0.05, 0) is 49.5 Å². The predicted molar refractivity (Wildman–Crippen MR) is 127 cm³/mol. The molecule has 0 unspecified atom stereocenters. The van der Waals surface area contributed by atoms with Gasteiger partial charge in [-0.15, -0.1) is 10.2 Å². The van der Waals surface area contributed by atoms with Crippen LogP contribution in [-0.2, 0) is 4.79 Å². The van der Waals surface area contributed by atoms with Crippen LogP contribution in [0.2, 0.25) is 0 Å². The molecule has 32 heavy (non-hydrogen) atoms. The number of piperidine rings is 1. The van der Waals surface area contributed by atoms with Gasteiger partial charge in [0.15, 0.2) is 11.5 Å². The molecule has 0 bridgehead atoms. The quantitative estimate of drug-likeness (QED) is 0.564. The summed E-state index contributed by atoms with van der Waals surface area (Å²) in [6.07, 6.45) is 3.02. The van der Waals surface area contributed by atoms with Crippen molar-refractivity contribution < 1.29 is 9.59 Å². The maximum absolute atomic E-state index is 12.1. The van der Waals surface area contributed by atoms with E-state index < -0.39 is 5.91 Å². The molecule has 2 amide bonds. The Bertz CT molecular complexity index is 959. The van der Waals surface area contributed by atoms with E-state index in [1.165, 1.54) is 11.6 Å². The average molecular weight is 440 g/mol. The zero-order chi connectivity index (χ0) is 22.5. The van der Waals surface area contributed by atoms with E-state index in [9.17, 15) is 9.59 Å². The Hall–Kier alpha value is -3.49. The lowest BCUT2D eigenvalue weighted by molar-refractivity contribution is -0.129. The van der Waals surface area contributed by atoms with Crippen LogP contribution in [0.5, 0.6) is 0 Å². The minimum Gasteiger partial charge on any atom is -0.364 e. The summed E-state index contributed by atoms with van der Waals surface area (Å²) in [6.45, 7) is 10.5. The van der Waals surface area contributed by atoms with Gasteiger partial charge in [0.2, 0.25) is 11.9 Å². The van der Waals surface area contributed by atoms with Crippen LogP contribution in [0.4, 0.5) is 17.5 Å². The fourth-order valence-electron chi connectivity index (χ4n) is 3.66. The molecular formula is C23H33N7O2. The fraction of sp³-hybridized carbons (Fsp3) is 0.435. The van der Waals surface area contributed by atoms with Crippen molar-refractivity contribution in [3.05, 3.63) is 48.2 Å². The molecule has 0 aliphatic carbocycles. The van der Waals surface area contributed by atoms with Crippen molar-refractivity contribution in [2.75, 3.05) is 17.2 Å². The van der Waals surface area contributed by atoms with Crippen molar-refractivity contribution in [3.63, 3.8) is 0 Å². The number of hydrogen-bond donors (Lipinski definition) is 3. The van der Waals surface area contributed by atoms with E-state index in [2.05, 4.69) is 46.2 Å². The van der Waals surface area contributed by atoms with Crippen LogP contribution < -0.4 is 16.4 Å². The number of nitrogens with one attached hydrogen (secondary N) is 2. The van der Waals surface area contributed by atoms with Crippen LogP contribution >= 0.6 is 0 Å². The number of hydrogen-bond acceptors (Lipinski definition) is 7. The summed E-state index contributed by atoms with van der Waals surface area (Å²) in [6, 6.07) is 7.73. The second-order valence-electron chi connectivity index (χ2n) is 7.97. The minimum absolute atomic E-state index is 0. The van der Waals surface area contributed by atoms with Crippen LogP contribution in [0.15, 0.2) is 36.9 Å². The Balaban J connectivity index is 0.00000363. The molecule has 1 aliphatic heterocycles. The molecule has 9 nitrogen and oxygen atoms in total. The number of carbonyl (C=O) groups excluding carboxylic acids is 2. The second-order valence-corrected chi connectivity index (χ2v) is 7.97. The molecule has 1 aliphatic rings. The van der Waals surface area contributed by atoms with Gasteiger partial charge in [-0.2, -0.15) is 4.98 Å². The highest BCUT2D eigenvalue weighted by atomic mass is 16.2. The van der Waals surface area contributed by atoms with E-state index in [1.54, 1.807) is 4.90 Å². The van der Waals surface area contributed by atoms with E-state index in [0.29, 0.717) is 12.5 Å². The number of likely N-dealkylation sites (tertiary alicyclic amines) is 1. The molecule has 3 rings (SSSR count). The normalized spacial score (nSPS) is 17.9. The van der Waals surface area contributed by atoms with Crippen molar-refractivity contribution in [2.24, 2.45) is 5.73 Å². The van der Waals surface area contributed by atoms with Crippen molar-refractivity contribution >= 4 is 29.3 Å². The molecule has 2 aromatic rings. The Morgan fingerprint density at radius 3 is 2.53 bits per heavy atom. The van der Waals surface area contributed by atoms with Gasteiger partial charge in [0.1, 0.15) is 0 Å². The van der Waals surface area contributed by atoms with Crippen molar-refractivity contribution in [1.82, 2.24) is 20.1 Å². The van der Waals surface area contributed by atoms with Crippen LogP contribution in [0.25, 0.3) is 0 Å². The van der Waals surface area contributed by atoms with Crippen LogP contribution in [0.1, 0.15) is 63.0 Å². The van der Waals surface area contributed by atoms with Gasteiger partial charge in [-0.25, -0.2) is 0 Å². The highest BCUT2D eigenvalue weighted by Crippen LogP contribution is 2.24. The Morgan fingerprint density at radius 1 is 1.25 bits per heavy atom. The van der Waals surface area contributed by atoms with E-state index >= 15 is 0 Å². The van der Waals surface area contributed by atoms with E-state index in [0.717, 1.165) is 18.5 Å². The maximum Gasteiger partial charge on any atom is 0.273 e. The monoisotopic (exact) mass is 439 g/mol. The van der Waals surface area contributed by atoms with Gasteiger partial charge in [0.05, 0.1) is 0 Å². The second kappa shape index (κ2) is 10.7. The first-order chi connectivity index (χ1) is 14.8. The summed E-state index contributed by atoms with van der Waals surface area (Å²) in [4.78, 5) is 30.1. The van der Waals surface area contributed by atoms with E-state index in [4.69, 9.17) is 5.73 Å². The number of nitrogens with two attached hydrogens (primary N) is 1. The fourth-order valence-corrected chi connectivity index (χ4v) is 3.66. The lowest BCUT2D eigenvalue weighted by atomic mass is 9.97. The molecule has 4 N–H and O–H groups in total. The standard InChI is InChI=1S/C22H29N7O2.CH4/c1-5-18(30)29-12-6-7-17(14(29)4)25-22-26-21(19(20(23)31)27-28-22)24-16-10-8-15(9-11-16)13(2)3;/h5,8-11,13-14,17H,1,6-7,12H2,2-4H3,(H2,23,31)(H2,24,25,26,28);1H4/t14-,17+;/m0./s1. The van der Waals surface area contributed by atoms with Crippen LogP contribution in [0.3, 0.4) is 0 Å². The highest BCUT2D eigenvalue weighted by Gasteiger charge is 2.30. The number of aromatic nitrogens is 3.